The van der Waals surface area contributed by atoms with E-state index in [0.29, 0.717) is 0 Å². The first-order chi connectivity index (χ1) is 9.88. The number of benzene rings is 1. The molecule has 2 aromatic rings. The minimum Gasteiger partial charge on any atom is -0.279 e. The van der Waals surface area contributed by atoms with E-state index in [2.05, 4.69) is 46.5 Å². The molecule has 0 atom stereocenters. The Bertz CT molecular complexity index is 518. The van der Waals surface area contributed by atoms with Crippen LogP contribution in [-0.4, -0.2) is 6.21 Å². The molecule has 0 aliphatic carbocycles. The molecule has 0 unspecified atom stereocenters. The van der Waals surface area contributed by atoms with Gasteiger partial charge in [0.1, 0.15) is 6.54 Å². The summed E-state index contributed by atoms with van der Waals surface area (Å²) in [6.07, 6.45) is 9.85. The first-order valence-corrected chi connectivity index (χ1v) is 7.21. The number of para-hydroxylation sites is 1. The van der Waals surface area contributed by atoms with Crippen molar-refractivity contribution in [3.05, 3.63) is 60.4 Å². The minimum atomic E-state index is 0.995. The Hall–Kier alpha value is -2.16. The normalized spacial score (nSPS) is 10.8. The van der Waals surface area contributed by atoms with E-state index in [1.54, 1.807) is 0 Å². The summed E-state index contributed by atoms with van der Waals surface area (Å²) < 4.78 is 2.22. The van der Waals surface area contributed by atoms with Crippen molar-refractivity contribution < 1.29 is 4.57 Å². The Morgan fingerprint density at radius 1 is 1.05 bits per heavy atom. The zero-order valence-electron chi connectivity index (χ0n) is 12.0. The summed E-state index contributed by atoms with van der Waals surface area (Å²) >= 11 is 0. The zero-order valence-corrected chi connectivity index (χ0v) is 12.0. The Balaban J connectivity index is 1.84. The van der Waals surface area contributed by atoms with E-state index >= 15 is 0 Å². The number of unbranched alkanes of at least 4 members (excludes halogenated alkanes) is 2. The lowest BCUT2D eigenvalue weighted by Gasteiger charge is -1.99. The molecule has 3 heteroatoms. The molecule has 104 valence electrons. The van der Waals surface area contributed by atoms with Crippen LogP contribution in [0.1, 0.15) is 31.7 Å². The van der Waals surface area contributed by atoms with Crippen molar-refractivity contribution in [1.29, 1.82) is 0 Å². The molecule has 1 N–H and O–H groups in total. The van der Waals surface area contributed by atoms with Gasteiger partial charge in [-0.2, -0.15) is 5.10 Å². The third-order valence-corrected chi connectivity index (χ3v) is 3.12. The Morgan fingerprint density at radius 2 is 1.80 bits per heavy atom. The molecular formula is C17H22N3+. The van der Waals surface area contributed by atoms with Crippen LogP contribution in [0.25, 0.3) is 0 Å². The number of nitrogens with zero attached hydrogens (tertiary/aromatic N) is 2. The Labute approximate surface area is 121 Å². The summed E-state index contributed by atoms with van der Waals surface area (Å²) in [4.78, 5) is 0. The van der Waals surface area contributed by atoms with Crippen LogP contribution in [0, 0.1) is 0 Å². The lowest BCUT2D eigenvalue weighted by atomic mass is 10.2. The number of hydrogen-bond acceptors (Lipinski definition) is 2. The number of nitrogens with one attached hydrogen (secondary N) is 1. The second-order valence-corrected chi connectivity index (χ2v) is 4.81. The number of anilines is 1. The summed E-state index contributed by atoms with van der Waals surface area (Å²) in [6.45, 7) is 3.32. The van der Waals surface area contributed by atoms with Gasteiger partial charge in [0.25, 0.3) is 0 Å². The third-order valence-electron chi connectivity index (χ3n) is 3.12. The minimum absolute atomic E-state index is 0.995. The number of rotatable bonds is 7. The summed E-state index contributed by atoms with van der Waals surface area (Å²) in [7, 11) is 0. The van der Waals surface area contributed by atoms with Gasteiger partial charge in [-0.15, -0.1) is 0 Å². The van der Waals surface area contributed by atoms with Crippen LogP contribution < -0.4 is 9.99 Å². The highest BCUT2D eigenvalue weighted by Crippen LogP contribution is 2.04. The lowest BCUT2D eigenvalue weighted by Crippen LogP contribution is -2.32. The number of hydrogen-bond donors (Lipinski definition) is 1. The van der Waals surface area contributed by atoms with Gasteiger partial charge in [-0.3, -0.25) is 5.43 Å². The van der Waals surface area contributed by atoms with Gasteiger partial charge in [0.15, 0.2) is 12.4 Å². The molecule has 0 fully saturated rings. The fourth-order valence-corrected chi connectivity index (χ4v) is 1.94. The molecule has 1 heterocycles. The predicted molar refractivity (Wildman–Crippen MR) is 83.8 cm³/mol. The monoisotopic (exact) mass is 268 g/mol. The second-order valence-electron chi connectivity index (χ2n) is 4.81. The molecule has 0 amide bonds. The summed E-state index contributed by atoms with van der Waals surface area (Å²) in [5.41, 5.74) is 5.10. The predicted octanol–water partition coefficient (Wildman–Crippen LogP) is 3.61. The van der Waals surface area contributed by atoms with Crippen molar-refractivity contribution in [2.24, 2.45) is 5.10 Å². The summed E-state index contributed by atoms with van der Waals surface area (Å²) in [5.74, 6) is 0. The first-order valence-electron chi connectivity index (χ1n) is 7.21. The van der Waals surface area contributed by atoms with Crippen molar-refractivity contribution in [1.82, 2.24) is 0 Å². The molecule has 0 bridgehead atoms. The average Bonchev–Trinajstić information content (AvgIpc) is 2.50. The second kappa shape index (κ2) is 8.10. The van der Waals surface area contributed by atoms with Crippen LogP contribution in [0.15, 0.2) is 60.0 Å². The van der Waals surface area contributed by atoms with Gasteiger partial charge in [-0.1, -0.05) is 31.5 Å². The highest BCUT2D eigenvalue weighted by Gasteiger charge is 1.99. The maximum absolute atomic E-state index is 4.23. The van der Waals surface area contributed by atoms with Gasteiger partial charge >= 0.3 is 0 Å². The molecule has 0 aliphatic rings. The van der Waals surface area contributed by atoms with Crippen molar-refractivity contribution >= 4 is 11.9 Å². The van der Waals surface area contributed by atoms with Crippen LogP contribution >= 0.6 is 0 Å². The van der Waals surface area contributed by atoms with Gasteiger partial charge < -0.3 is 0 Å². The maximum Gasteiger partial charge on any atom is 0.169 e. The molecule has 1 aromatic carbocycles. The molecule has 20 heavy (non-hydrogen) atoms. The molecular weight excluding hydrogens is 246 g/mol. The van der Waals surface area contributed by atoms with E-state index in [0.717, 1.165) is 17.8 Å². The highest BCUT2D eigenvalue weighted by atomic mass is 15.3. The largest absolute Gasteiger partial charge is 0.279 e. The molecule has 0 aliphatic heterocycles. The van der Waals surface area contributed by atoms with E-state index in [9.17, 15) is 0 Å². The van der Waals surface area contributed by atoms with Gasteiger partial charge in [0, 0.05) is 24.1 Å². The quantitative estimate of drug-likeness (QED) is 0.353. The van der Waals surface area contributed by atoms with Crippen LogP contribution in [0.2, 0.25) is 0 Å². The molecule has 1 aromatic heterocycles. The fraction of sp³-hybridized carbons (Fsp3) is 0.294. The molecule has 0 saturated heterocycles. The van der Waals surface area contributed by atoms with Crippen LogP contribution in [-0.2, 0) is 6.54 Å². The summed E-state index contributed by atoms with van der Waals surface area (Å²) in [5, 5.41) is 4.23. The van der Waals surface area contributed by atoms with Gasteiger partial charge in [-0.05, 0) is 18.6 Å². The third kappa shape index (κ3) is 4.84. The van der Waals surface area contributed by atoms with Crippen LogP contribution in [0.3, 0.4) is 0 Å². The van der Waals surface area contributed by atoms with Crippen LogP contribution in [0.4, 0.5) is 5.69 Å². The number of aromatic nitrogens is 1. The summed E-state index contributed by atoms with van der Waals surface area (Å²) in [6, 6.07) is 14.1. The lowest BCUT2D eigenvalue weighted by molar-refractivity contribution is -0.697. The van der Waals surface area contributed by atoms with E-state index in [-0.39, 0.29) is 0 Å². The molecule has 2 rings (SSSR count). The zero-order chi connectivity index (χ0) is 14.0. The molecule has 0 spiro atoms. The fourth-order valence-electron chi connectivity index (χ4n) is 1.94. The van der Waals surface area contributed by atoms with Crippen molar-refractivity contribution in [2.45, 2.75) is 32.7 Å². The number of hydrazone groups is 1. The highest BCUT2D eigenvalue weighted by molar-refractivity contribution is 5.79. The standard InChI is InChI=1S/C17H21N3/c1-2-3-7-12-20-13-10-16(11-14-20)15-18-19-17-8-5-4-6-9-17/h4-6,8-11,13-15H,2-3,7,12H2,1H3/p+1. The first kappa shape index (κ1) is 14.3. The number of aryl methyl sites for hydroxylation is 1. The maximum atomic E-state index is 4.23. The van der Waals surface area contributed by atoms with E-state index in [1.165, 1.54) is 19.3 Å². The molecule has 0 radical (unpaired) electrons. The Kier molecular flexibility index (Phi) is 5.77. The van der Waals surface area contributed by atoms with E-state index in [4.69, 9.17) is 0 Å². The topological polar surface area (TPSA) is 28.3 Å². The van der Waals surface area contributed by atoms with Crippen molar-refractivity contribution in [3.8, 4) is 0 Å². The van der Waals surface area contributed by atoms with Crippen LogP contribution in [0.5, 0.6) is 0 Å². The van der Waals surface area contributed by atoms with Crippen molar-refractivity contribution in [2.75, 3.05) is 5.43 Å². The Morgan fingerprint density at radius 3 is 2.50 bits per heavy atom. The molecule has 0 saturated carbocycles. The van der Waals surface area contributed by atoms with Gasteiger partial charge in [-0.25, -0.2) is 4.57 Å². The smallest absolute Gasteiger partial charge is 0.169 e. The molecule has 3 nitrogen and oxygen atoms in total. The van der Waals surface area contributed by atoms with E-state index in [1.807, 2.05) is 36.5 Å². The van der Waals surface area contributed by atoms with E-state index < -0.39 is 0 Å². The van der Waals surface area contributed by atoms with Gasteiger partial charge in [0.05, 0.1) is 11.9 Å². The van der Waals surface area contributed by atoms with Crippen molar-refractivity contribution in [3.63, 3.8) is 0 Å². The average molecular weight is 268 g/mol. The number of pyridine rings is 1. The SMILES string of the molecule is CCCCC[n+]1ccc(/C=N/Nc2ccccc2)cc1. The van der Waals surface area contributed by atoms with Gasteiger partial charge in [0.2, 0.25) is 0 Å².